The van der Waals surface area contributed by atoms with Gasteiger partial charge in [0.25, 0.3) is 5.91 Å². The number of carbonyl (C=O) groups is 1. The van der Waals surface area contributed by atoms with Crippen molar-refractivity contribution < 1.29 is 13.6 Å². The van der Waals surface area contributed by atoms with Gasteiger partial charge in [-0.25, -0.2) is 9.37 Å². The van der Waals surface area contributed by atoms with E-state index in [9.17, 15) is 9.18 Å². The fourth-order valence-electron chi connectivity index (χ4n) is 2.49. The molecule has 25 heavy (non-hydrogen) atoms. The minimum Gasteiger partial charge on any atom is -0.469 e. The van der Waals surface area contributed by atoms with Gasteiger partial charge in [-0.15, -0.1) is 0 Å². The molecule has 2 aromatic heterocycles. The largest absolute Gasteiger partial charge is 0.469 e. The molecule has 3 rings (SSSR count). The molecule has 0 saturated heterocycles. The molecular weight excluding hydrogens is 321 g/mol. The maximum absolute atomic E-state index is 13.4. The third-order valence-electron chi connectivity index (χ3n) is 3.85. The summed E-state index contributed by atoms with van der Waals surface area (Å²) in [6, 6.07) is 11.2. The molecule has 0 bridgehead atoms. The number of hydrogen-bond acceptors (Lipinski definition) is 4. The predicted octanol–water partition coefficient (Wildman–Crippen LogP) is 4.14. The summed E-state index contributed by atoms with van der Waals surface area (Å²) in [5.41, 5.74) is 1.89. The molecule has 1 aromatic carbocycles. The van der Waals surface area contributed by atoms with E-state index in [-0.39, 0.29) is 11.7 Å². The summed E-state index contributed by atoms with van der Waals surface area (Å²) in [7, 11) is 1.72. The summed E-state index contributed by atoms with van der Waals surface area (Å²) in [5.74, 6) is 0.617. The molecule has 0 spiro atoms. The lowest BCUT2D eigenvalue weighted by Gasteiger charge is -2.19. The number of amides is 1. The first-order valence-electron chi connectivity index (χ1n) is 7.80. The number of aryl methyl sites for hydroxylation is 1. The fraction of sp³-hybridized carbons (Fsp3) is 0.158. The lowest BCUT2D eigenvalue weighted by atomic mass is 10.2. The second-order valence-corrected chi connectivity index (χ2v) is 5.70. The monoisotopic (exact) mass is 339 g/mol. The average Bonchev–Trinajstić information content (AvgIpc) is 2.99. The second-order valence-electron chi connectivity index (χ2n) is 5.70. The number of furan rings is 1. The van der Waals surface area contributed by atoms with Crippen LogP contribution in [0.25, 0.3) is 0 Å². The van der Waals surface area contributed by atoms with Crippen LogP contribution in [-0.4, -0.2) is 22.8 Å². The Labute approximate surface area is 145 Å². The minimum absolute atomic E-state index is 0.187. The highest BCUT2D eigenvalue weighted by Gasteiger charge is 2.18. The van der Waals surface area contributed by atoms with Crippen LogP contribution in [0.4, 0.5) is 15.9 Å². The lowest BCUT2D eigenvalue weighted by Crippen LogP contribution is -2.27. The Balaban J connectivity index is 1.82. The number of pyridine rings is 1. The number of benzene rings is 1. The highest BCUT2D eigenvalue weighted by atomic mass is 19.1. The number of aromatic nitrogens is 1. The maximum atomic E-state index is 13.4. The van der Waals surface area contributed by atoms with Crippen LogP contribution in [0.5, 0.6) is 0 Å². The van der Waals surface area contributed by atoms with E-state index in [0.717, 1.165) is 11.3 Å². The Hall–Kier alpha value is -3.15. The topological polar surface area (TPSA) is 58.4 Å². The van der Waals surface area contributed by atoms with Gasteiger partial charge in [0, 0.05) is 31.0 Å². The molecule has 1 N–H and O–H groups in total. The molecule has 2 heterocycles. The minimum atomic E-state index is -0.360. The van der Waals surface area contributed by atoms with E-state index in [4.69, 9.17) is 4.42 Å². The summed E-state index contributed by atoms with van der Waals surface area (Å²) >= 11 is 0. The van der Waals surface area contributed by atoms with Gasteiger partial charge in [0.1, 0.15) is 17.4 Å². The summed E-state index contributed by atoms with van der Waals surface area (Å²) in [6.45, 7) is 2.28. The molecule has 1 amide bonds. The number of carbonyl (C=O) groups excluding carboxylic acids is 1. The number of hydrogen-bond donors (Lipinski definition) is 1. The van der Waals surface area contributed by atoms with Crippen molar-refractivity contribution in [1.29, 1.82) is 0 Å². The van der Waals surface area contributed by atoms with Crippen molar-refractivity contribution in [3.8, 4) is 0 Å². The normalized spacial score (nSPS) is 10.5. The lowest BCUT2D eigenvalue weighted by molar-refractivity contribution is 0.0785. The summed E-state index contributed by atoms with van der Waals surface area (Å²) in [5, 5.41) is 3.00. The van der Waals surface area contributed by atoms with Gasteiger partial charge in [0.2, 0.25) is 0 Å². The zero-order chi connectivity index (χ0) is 17.8. The molecule has 0 fully saturated rings. The Kier molecular flexibility index (Phi) is 4.79. The number of nitrogens with one attached hydrogen (secondary N) is 1. The Morgan fingerprint density at radius 1 is 1.28 bits per heavy atom. The van der Waals surface area contributed by atoms with E-state index in [0.29, 0.717) is 23.6 Å². The summed E-state index contributed by atoms with van der Waals surface area (Å²) < 4.78 is 18.6. The molecule has 0 aliphatic rings. The van der Waals surface area contributed by atoms with Crippen LogP contribution < -0.4 is 5.32 Å². The van der Waals surface area contributed by atoms with Crippen LogP contribution in [0.1, 0.15) is 21.7 Å². The van der Waals surface area contributed by atoms with Gasteiger partial charge in [0.15, 0.2) is 0 Å². The first-order valence-corrected chi connectivity index (χ1v) is 7.80. The standard InChI is InChI=1S/C19H18FN3O2/c1-13-14(8-10-25-13)12-23(2)19(24)17-7-4-9-21-18(17)22-16-6-3-5-15(20)11-16/h3-11H,12H2,1-2H3,(H,21,22). The molecule has 128 valence electrons. The van der Waals surface area contributed by atoms with Gasteiger partial charge < -0.3 is 14.6 Å². The molecular formula is C19H18FN3O2. The van der Waals surface area contributed by atoms with Crippen LogP contribution in [-0.2, 0) is 6.54 Å². The van der Waals surface area contributed by atoms with Crippen LogP contribution >= 0.6 is 0 Å². The zero-order valence-electron chi connectivity index (χ0n) is 14.0. The summed E-state index contributed by atoms with van der Waals surface area (Å²) in [4.78, 5) is 18.6. The highest BCUT2D eigenvalue weighted by Crippen LogP contribution is 2.21. The second kappa shape index (κ2) is 7.17. The van der Waals surface area contributed by atoms with Gasteiger partial charge in [-0.2, -0.15) is 0 Å². The van der Waals surface area contributed by atoms with Gasteiger partial charge in [-0.3, -0.25) is 4.79 Å². The smallest absolute Gasteiger partial charge is 0.257 e. The number of nitrogens with zero attached hydrogens (tertiary/aromatic N) is 2. The SMILES string of the molecule is Cc1occc1CN(C)C(=O)c1cccnc1Nc1cccc(F)c1. The van der Waals surface area contributed by atoms with E-state index >= 15 is 0 Å². The average molecular weight is 339 g/mol. The summed E-state index contributed by atoms with van der Waals surface area (Å²) in [6.07, 6.45) is 3.18. The van der Waals surface area contributed by atoms with Crippen molar-refractivity contribution in [3.05, 3.63) is 77.6 Å². The van der Waals surface area contributed by atoms with Gasteiger partial charge in [-0.05, 0) is 43.3 Å². The van der Waals surface area contributed by atoms with Crippen LogP contribution in [0.2, 0.25) is 0 Å². The molecule has 5 nitrogen and oxygen atoms in total. The predicted molar refractivity (Wildman–Crippen MR) is 93.2 cm³/mol. The Bertz CT molecular complexity index is 892. The van der Waals surface area contributed by atoms with Crippen LogP contribution in [0.3, 0.4) is 0 Å². The third-order valence-corrected chi connectivity index (χ3v) is 3.85. The molecule has 3 aromatic rings. The Morgan fingerprint density at radius 3 is 2.84 bits per heavy atom. The van der Waals surface area contributed by atoms with E-state index in [2.05, 4.69) is 10.3 Å². The van der Waals surface area contributed by atoms with Crippen molar-refractivity contribution in [2.45, 2.75) is 13.5 Å². The molecule has 6 heteroatoms. The first kappa shape index (κ1) is 16.7. The van der Waals surface area contributed by atoms with Gasteiger partial charge in [-0.1, -0.05) is 6.07 Å². The van der Waals surface area contributed by atoms with Crippen molar-refractivity contribution in [1.82, 2.24) is 9.88 Å². The number of anilines is 2. The molecule has 0 atom stereocenters. The van der Waals surface area contributed by atoms with Crippen molar-refractivity contribution in [3.63, 3.8) is 0 Å². The molecule has 0 unspecified atom stereocenters. The molecule has 0 aliphatic carbocycles. The van der Waals surface area contributed by atoms with Crippen LogP contribution in [0.15, 0.2) is 59.3 Å². The van der Waals surface area contributed by atoms with Crippen molar-refractivity contribution >= 4 is 17.4 Å². The number of halogens is 1. The van der Waals surface area contributed by atoms with Crippen LogP contribution in [0, 0.1) is 12.7 Å². The fourth-order valence-corrected chi connectivity index (χ4v) is 2.49. The van der Waals surface area contributed by atoms with E-state index in [1.165, 1.54) is 12.1 Å². The maximum Gasteiger partial charge on any atom is 0.257 e. The molecule has 0 saturated carbocycles. The van der Waals surface area contributed by atoms with Crippen molar-refractivity contribution in [2.75, 3.05) is 12.4 Å². The zero-order valence-corrected chi connectivity index (χ0v) is 14.0. The third kappa shape index (κ3) is 3.85. The van der Waals surface area contributed by atoms with E-state index in [1.54, 1.807) is 48.7 Å². The van der Waals surface area contributed by atoms with E-state index < -0.39 is 0 Å². The van der Waals surface area contributed by atoms with Gasteiger partial charge >= 0.3 is 0 Å². The highest BCUT2D eigenvalue weighted by molar-refractivity contribution is 5.99. The Morgan fingerprint density at radius 2 is 2.12 bits per heavy atom. The van der Waals surface area contributed by atoms with Crippen molar-refractivity contribution in [2.24, 2.45) is 0 Å². The molecule has 0 radical (unpaired) electrons. The number of rotatable bonds is 5. The van der Waals surface area contributed by atoms with Gasteiger partial charge in [0.05, 0.1) is 11.8 Å². The first-order chi connectivity index (χ1) is 12.0. The quantitative estimate of drug-likeness (QED) is 0.759. The molecule has 0 aliphatic heterocycles. The van der Waals surface area contributed by atoms with E-state index in [1.807, 2.05) is 13.0 Å².